The minimum Gasteiger partial charge on any atom is -0.504 e. The molecular weight excluding hydrogens is 222 g/mol. The van der Waals surface area contributed by atoms with E-state index in [0.29, 0.717) is 25.1 Å². The summed E-state index contributed by atoms with van der Waals surface area (Å²) < 4.78 is 0. The summed E-state index contributed by atoms with van der Waals surface area (Å²) in [5, 5.41) is 27.9. The van der Waals surface area contributed by atoms with Crippen molar-refractivity contribution in [2.24, 2.45) is 0 Å². The molecule has 0 aliphatic carbocycles. The second-order valence-corrected chi connectivity index (χ2v) is 3.88. The summed E-state index contributed by atoms with van der Waals surface area (Å²) in [5.74, 6) is -0.313. The number of para-hydroxylation sites is 1. The second-order valence-electron chi connectivity index (χ2n) is 3.88. The molecule has 5 nitrogen and oxygen atoms in total. The number of nitrogens with zero attached hydrogens (tertiary/aromatic N) is 1. The smallest absolute Gasteiger partial charge is 0.407 e. The molecule has 0 saturated carbocycles. The van der Waals surface area contributed by atoms with Crippen LogP contribution in [-0.2, 0) is 0 Å². The lowest BCUT2D eigenvalue weighted by Gasteiger charge is -2.24. The number of rotatable bonds is 1. The van der Waals surface area contributed by atoms with Gasteiger partial charge in [-0.25, -0.2) is 4.79 Å². The van der Waals surface area contributed by atoms with Crippen molar-refractivity contribution in [1.29, 1.82) is 0 Å². The summed E-state index contributed by atoms with van der Waals surface area (Å²) >= 11 is 0. The molecule has 1 heterocycles. The minimum atomic E-state index is -0.944. The highest BCUT2D eigenvalue weighted by Gasteiger charge is 2.18. The lowest BCUT2D eigenvalue weighted by molar-refractivity contribution is 0.150. The molecule has 0 atom stereocenters. The highest BCUT2D eigenvalue weighted by atomic mass is 16.4. The van der Waals surface area contributed by atoms with E-state index in [1.54, 1.807) is 18.2 Å². The Morgan fingerprint density at radius 2 is 2.06 bits per heavy atom. The number of amides is 1. The molecule has 1 amide bonds. The summed E-state index contributed by atoms with van der Waals surface area (Å²) in [7, 11) is 0. The Hall–Kier alpha value is -2.17. The third-order valence-corrected chi connectivity index (χ3v) is 2.84. The highest BCUT2D eigenvalue weighted by Crippen LogP contribution is 2.35. The summed E-state index contributed by atoms with van der Waals surface area (Å²) in [6, 6.07) is 4.76. The molecule has 0 aromatic heterocycles. The van der Waals surface area contributed by atoms with Crippen LogP contribution in [0.15, 0.2) is 24.3 Å². The standard InChI is InChI=1S/C12H13NO4/c14-10-3-1-2-9(11(10)15)8-4-6-13(7-5-8)12(16)17/h1-4,14-15H,5-7H2,(H,16,17). The molecule has 17 heavy (non-hydrogen) atoms. The number of carboxylic acid groups (broad SMARTS) is 1. The van der Waals surface area contributed by atoms with Crippen molar-refractivity contribution in [2.75, 3.05) is 13.1 Å². The van der Waals surface area contributed by atoms with Crippen LogP contribution in [0.5, 0.6) is 11.5 Å². The van der Waals surface area contributed by atoms with Gasteiger partial charge in [-0.05, 0) is 18.1 Å². The molecule has 90 valence electrons. The van der Waals surface area contributed by atoms with Gasteiger partial charge in [-0.2, -0.15) is 0 Å². The predicted molar refractivity (Wildman–Crippen MR) is 62.0 cm³/mol. The molecule has 0 unspecified atom stereocenters. The topological polar surface area (TPSA) is 81.0 Å². The molecule has 0 fully saturated rings. The maximum absolute atomic E-state index is 10.7. The van der Waals surface area contributed by atoms with E-state index in [-0.39, 0.29) is 11.5 Å². The predicted octanol–water partition coefficient (Wildman–Crippen LogP) is 1.86. The number of hydrogen-bond acceptors (Lipinski definition) is 3. The maximum Gasteiger partial charge on any atom is 0.407 e. The average molecular weight is 235 g/mol. The van der Waals surface area contributed by atoms with Gasteiger partial charge in [0, 0.05) is 18.7 Å². The Bertz CT molecular complexity index is 481. The third-order valence-electron chi connectivity index (χ3n) is 2.84. The van der Waals surface area contributed by atoms with Crippen LogP contribution < -0.4 is 0 Å². The SMILES string of the molecule is O=C(O)N1CC=C(c2cccc(O)c2O)CC1. The van der Waals surface area contributed by atoms with Crippen LogP contribution >= 0.6 is 0 Å². The number of aromatic hydroxyl groups is 2. The van der Waals surface area contributed by atoms with Gasteiger partial charge in [-0.1, -0.05) is 18.2 Å². The Morgan fingerprint density at radius 1 is 1.29 bits per heavy atom. The van der Waals surface area contributed by atoms with Gasteiger partial charge in [-0.15, -0.1) is 0 Å². The van der Waals surface area contributed by atoms with Crippen LogP contribution in [0.2, 0.25) is 0 Å². The zero-order valence-corrected chi connectivity index (χ0v) is 9.13. The number of benzene rings is 1. The van der Waals surface area contributed by atoms with E-state index in [1.165, 1.54) is 11.0 Å². The zero-order valence-electron chi connectivity index (χ0n) is 9.13. The summed E-state index contributed by atoms with van der Waals surface area (Å²) in [6.07, 6.45) is 1.34. The quantitative estimate of drug-likeness (QED) is 0.649. The largest absolute Gasteiger partial charge is 0.504 e. The van der Waals surface area contributed by atoms with E-state index in [1.807, 2.05) is 0 Å². The Labute approximate surface area is 98.2 Å². The maximum atomic E-state index is 10.7. The van der Waals surface area contributed by atoms with Crippen LogP contribution in [0, 0.1) is 0 Å². The van der Waals surface area contributed by atoms with E-state index in [9.17, 15) is 15.0 Å². The van der Waals surface area contributed by atoms with Crippen molar-refractivity contribution in [1.82, 2.24) is 4.90 Å². The Morgan fingerprint density at radius 3 is 2.65 bits per heavy atom. The summed E-state index contributed by atoms with van der Waals surface area (Å²) in [6.45, 7) is 0.704. The van der Waals surface area contributed by atoms with Gasteiger partial charge in [0.2, 0.25) is 0 Å². The van der Waals surface area contributed by atoms with Gasteiger partial charge in [-0.3, -0.25) is 0 Å². The first-order valence-corrected chi connectivity index (χ1v) is 5.28. The molecule has 2 rings (SSSR count). The molecule has 1 aliphatic heterocycles. The molecule has 0 radical (unpaired) electrons. The second kappa shape index (κ2) is 4.37. The molecule has 1 aliphatic rings. The average Bonchev–Trinajstić information content (AvgIpc) is 2.33. The lowest BCUT2D eigenvalue weighted by atomic mass is 9.98. The van der Waals surface area contributed by atoms with Crippen molar-refractivity contribution in [2.45, 2.75) is 6.42 Å². The van der Waals surface area contributed by atoms with Gasteiger partial charge in [0.15, 0.2) is 11.5 Å². The fourth-order valence-corrected chi connectivity index (χ4v) is 1.88. The van der Waals surface area contributed by atoms with Gasteiger partial charge in [0.25, 0.3) is 0 Å². The van der Waals surface area contributed by atoms with E-state index in [0.717, 1.165) is 5.57 Å². The van der Waals surface area contributed by atoms with Gasteiger partial charge in [0.1, 0.15) is 0 Å². The number of phenolic OH excluding ortho intramolecular Hbond substituents is 2. The molecule has 1 aromatic carbocycles. The minimum absolute atomic E-state index is 0.150. The number of hydrogen-bond donors (Lipinski definition) is 3. The van der Waals surface area contributed by atoms with Crippen LogP contribution in [-0.4, -0.2) is 39.4 Å². The molecule has 0 saturated heterocycles. The van der Waals surface area contributed by atoms with Crippen LogP contribution in [0.4, 0.5) is 4.79 Å². The van der Waals surface area contributed by atoms with Gasteiger partial charge >= 0.3 is 6.09 Å². The molecular formula is C12H13NO4. The first-order chi connectivity index (χ1) is 8.09. The Balaban J connectivity index is 2.25. The van der Waals surface area contributed by atoms with Crippen LogP contribution in [0.1, 0.15) is 12.0 Å². The monoisotopic (exact) mass is 235 g/mol. The molecule has 5 heteroatoms. The lowest BCUT2D eigenvalue weighted by Crippen LogP contribution is -2.33. The first-order valence-electron chi connectivity index (χ1n) is 5.28. The molecule has 0 spiro atoms. The van der Waals surface area contributed by atoms with Crippen LogP contribution in [0.3, 0.4) is 0 Å². The summed E-state index contributed by atoms with van der Waals surface area (Å²) in [4.78, 5) is 12.0. The fourth-order valence-electron chi connectivity index (χ4n) is 1.88. The van der Waals surface area contributed by atoms with Crippen LogP contribution in [0.25, 0.3) is 5.57 Å². The Kier molecular flexibility index (Phi) is 2.91. The van der Waals surface area contributed by atoms with E-state index in [4.69, 9.17) is 5.11 Å². The third kappa shape index (κ3) is 2.18. The van der Waals surface area contributed by atoms with Crippen molar-refractivity contribution in [3.63, 3.8) is 0 Å². The van der Waals surface area contributed by atoms with E-state index in [2.05, 4.69) is 0 Å². The highest BCUT2D eigenvalue weighted by molar-refractivity contribution is 5.75. The van der Waals surface area contributed by atoms with Crippen molar-refractivity contribution < 1.29 is 20.1 Å². The first kappa shape index (κ1) is 11.3. The van der Waals surface area contributed by atoms with Gasteiger partial charge in [0.05, 0.1) is 0 Å². The van der Waals surface area contributed by atoms with Crippen molar-refractivity contribution in [3.8, 4) is 11.5 Å². The number of phenols is 2. The van der Waals surface area contributed by atoms with E-state index >= 15 is 0 Å². The van der Waals surface area contributed by atoms with Crippen molar-refractivity contribution >= 4 is 11.7 Å². The molecule has 3 N–H and O–H groups in total. The summed E-state index contributed by atoms with van der Waals surface area (Å²) in [5.41, 5.74) is 1.42. The van der Waals surface area contributed by atoms with Gasteiger partial charge < -0.3 is 20.2 Å². The van der Waals surface area contributed by atoms with E-state index < -0.39 is 6.09 Å². The zero-order chi connectivity index (χ0) is 12.4. The molecule has 0 bridgehead atoms. The van der Waals surface area contributed by atoms with Crippen molar-refractivity contribution in [3.05, 3.63) is 29.8 Å². The fraction of sp³-hybridized carbons (Fsp3) is 0.250. The normalized spacial score (nSPS) is 15.5. The number of carbonyl (C=O) groups is 1. The molecule has 1 aromatic rings.